The van der Waals surface area contributed by atoms with Gasteiger partial charge in [-0.3, -0.25) is 0 Å². The van der Waals surface area contributed by atoms with E-state index in [-0.39, 0.29) is 0 Å². The van der Waals surface area contributed by atoms with Gasteiger partial charge in [-0.05, 0) is 37.6 Å². The summed E-state index contributed by atoms with van der Waals surface area (Å²) in [5.74, 6) is 0.830. The van der Waals surface area contributed by atoms with Crippen molar-refractivity contribution in [3.63, 3.8) is 0 Å². The lowest BCUT2D eigenvalue weighted by atomic mass is 10.1. The standard InChI is InChI=1S/C12H15N3O/c1-16-9-4-5-12-10(7-9)11(3-2-6-13)14-8-15-12/h4-5,7-8H,2-3,6,13H2,1H3. The maximum absolute atomic E-state index is 5.51. The molecule has 0 bridgehead atoms. The van der Waals surface area contributed by atoms with Crippen LogP contribution in [0.5, 0.6) is 5.75 Å². The van der Waals surface area contributed by atoms with Crippen molar-refractivity contribution in [3.8, 4) is 5.75 Å². The van der Waals surface area contributed by atoms with Crippen LogP contribution in [0.1, 0.15) is 12.1 Å². The molecule has 1 aromatic carbocycles. The first-order valence-corrected chi connectivity index (χ1v) is 5.33. The number of benzene rings is 1. The van der Waals surface area contributed by atoms with Crippen molar-refractivity contribution in [3.05, 3.63) is 30.2 Å². The van der Waals surface area contributed by atoms with Crippen LogP contribution in [0.3, 0.4) is 0 Å². The SMILES string of the molecule is COc1ccc2ncnc(CCCN)c2c1. The van der Waals surface area contributed by atoms with Crippen LogP contribution in [0.2, 0.25) is 0 Å². The summed E-state index contributed by atoms with van der Waals surface area (Å²) in [6.07, 6.45) is 3.41. The Morgan fingerprint density at radius 2 is 2.19 bits per heavy atom. The normalized spacial score (nSPS) is 10.6. The first-order valence-electron chi connectivity index (χ1n) is 5.33. The molecule has 0 amide bonds. The maximum Gasteiger partial charge on any atom is 0.119 e. The van der Waals surface area contributed by atoms with Crippen LogP contribution in [0, 0.1) is 0 Å². The Hall–Kier alpha value is -1.68. The van der Waals surface area contributed by atoms with E-state index in [1.165, 1.54) is 0 Å². The largest absolute Gasteiger partial charge is 0.497 e. The number of hydrogen-bond donors (Lipinski definition) is 1. The molecule has 0 saturated carbocycles. The molecule has 4 nitrogen and oxygen atoms in total. The number of methoxy groups -OCH3 is 1. The minimum Gasteiger partial charge on any atom is -0.497 e. The van der Waals surface area contributed by atoms with E-state index < -0.39 is 0 Å². The number of rotatable bonds is 4. The minimum absolute atomic E-state index is 0.676. The van der Waals surface area contributed by atoms with Crippen molar-refractivity contribution in [2.75, 3.05) is 13.7 Å². The number of hydrogen-bond acceptors (Lipinski definition) is 4. The van der Waals surface area contributed by atoms with Crippen LogP contribution < -0.4 is 10.5 Å². The predicted octanol–water partition coefficient (Wildman–Crippen LogP) is 1.53. The Morgan fingerprint density at radius 1 is 1.31 bits per heavy atom. The molecule has 0 radical (unpaired) electrons. The number of nitrogens with zero attached hydrogens (tertiary/aromatic N) is 2. The summed E-state index contributed by atoms with van der Waals surface area (Å²) in [5.41, 5.74) is 7.49. The van der Waals surface area contributed by atoms with Crippen molar-refractivity contribution in [1.82, 2.24) is 9.97 Å². The van der Waals surface area contributed by atoms with Gasteiger partial charge in [0.15, 0.2) is 0 Å². The zero-order valence-corrected chi connectivity index (χ0v) is 9.31. The molecule has 1 heterocycles. The van der Waals surface area contributed by atoms with E-state index in [2.05, 4.69) is 9.97 Å². The lowest BCUT2D eigenvalue weighted by Gasteiger charge is -2.06. The van der Waals surface area contributed by atoms with Crippen LogP contribution in [-0.4, -0.2) is 23.6 Å². The Labute approximate surface area is 94.5 Å². The Bertz CT molecular complexity index is 485. The average Bonchev–Trinajstić information content (AvgIpc) is 2.35. The number of aryl methyl sites for hydroxylation is 1. The fraction of sp³-hybridized carbons (Fsp3) is 0.333. The van der Waals surface area contributed by atoms with Gasteiger partial charge in [0, 0.05) is 5.39 Å². The van der Waals surface area contributed by atoms with Gasteiger partial charge in [-0.25, -0.2) is 9.97 Å². The monoisotopic (exact) mass is 217 g/mol. The third-order valence-corrected chi connectivity index (χ3v) is 2.54. The molecule has 0 aliphatic heterocycles. The van der Waals surface area contributed by atoms with Crippen LogP contribution in [0.4, 0.5) is 0 Å². The summed E-state index contributed by atoms with van der Waals surface area (Å²) in [5, 5.41) is 1.05. The highest BCUT2D eigenvalue weighted by Gasteiger charge is 2.04. The summed E-state index contributed by atoms with van der Waals surface area (Å²) in [6, 6.07) is 5.82. The third-order valence-electron chi connectivity index (χ3n) is 2.54. The van der Waals surface area contributed by atoms with E-state index in [4.69, 9.17) is 10.5 Å². The van der Waals surface area contributed by atoms with Gasteiger partial charge in [0.1, 0.15) is 12.1 Å². The summed E-state index contributed by atoms with van der Waals surface area (Å²) in [6.45, 7) is 0.676. The first-order chi connectivity index (χ1) is 7.85. The second-order valence-corrected chi connectivity index (χ2v) is 3.60. The molecule has 2 aromatic rings. The third kappa shape index (κ3) is 2.12. The maximum atomic E-state index is 5.51. The minimum atomic E-state index is 0.676. The van der Waals surface area contributed by atoms with Crippen molar-refractivity contribution < 1.29 is 4.74 Å². The predicted molar refractivity (Wildman–Crippen MR) is 63.5 cm³/mol. The van der Waals surface area contributed by atoms with Crippen LogP contribution in [0.15, 0.2) is 24.5 Å². The molecule has 0 unspecified atom stereocenters. The highest BCUT2D eigenvalue weighted by Crippen LogP contribution is 2.21. The number of fused-ring (bicyclic) bond motifs is 1. The molecule has 16 heavy (non-hydrogen) atoms. The zero-order chi connectivity index (χ0) is 11.4. The van der Waals surface area contributed by atoms with Crippen LogP contribution >= 0.6 is 0 Å². The number of nitrogens with two attached hydrogens (primary N) is 1. The van der Waals surface area contributed by atoms with Gasteiger partial charge in [-0.2, -0.15) is 0 Å². The molecule has 4 heteroatoms. The van der Waals surface area contributed by atoms with E-state index in [1.54, 1.807) is 13.4 Å². The molecule has 84 valence electrons. The smallest absolute Gasteiger partial charge is 0.119 e. The summed E-state index contributed by atoms with van der Waals surface area (Å²) < 4.78 is 5.20. The Kier molecular flexibility index (Phi) is 3.31. The molecular weight excluding hydrogens is 202 g/mol. The number of aromatic nitrogens is 2. The Balaban J connectivity index is 2.46. The van der Waals surface area contributed by atoms with Gasteiger partial charge < -0.3 is 10.5 Å². The van der Waals surface area contributed by atoms with E-state index >= 15 is 0 Å². The van der Waals surface area contributed by atoms with E-state index in [0.29, 0.717) is 6.54 Å². The van der Waals surface area contributed by atoms with Gasteiger partial charge >= 0.3 is 0 Å². The molecule has 0 spiro atoms. The molecule has 2 N–H and O–H groups in total. The lowest BCUT2D eigenvalue weighted by Crippen LogP contribution is -2.02. The van der Waals surface area contributed by atoms with Gasteiger partial charge in [0.2, 0.25) is 0 Å². The quantitative estimate of drug-likeness (QED) is 0.843. The molecule has 0 saturated heterocycles. The lowest BCUT2D eigenvalue weighted by molar-refractivity contribution is 0.415. The van der Waals surface area contributed by atoms with Gasteiger partial charge in [0.05, 0.1) is 18.3 Å². The van der Waals surface area contributed by atoms with Crippen LogP contribution in [-0.2, 0) is 6.42 Å². The molecule has 0 aliphatic carbocycles. The summed E-state index contributed by atoms with van der Waals surface area (Å²) >= 11 is 0. The van der Waals surface area contributed by atoms with E-state index in [9.17, 15) is 0 Å². The number of ether oxygens (including phenoxy) is 1. The molecule has 1 aromatic heterocycles. The summed E-state index contributed by atoms with van der Waals surface area (Å²) in [7, 11) is 1.66. The molecule has 0 aliphatic rings. The topological polar surface area (TPSA) is 61.0 Å². The van der Waals surface area contributed by atoms with Crippen molar-refractivity contribution in [1.29, 1.82) is 0 Å². The average molecular weight is 217 g/mol. The fourth-order valence-corrected chi connectivity index (χ4v) is 1.68. The Morgan fingerprint density at radius 3 is 2.94 bits per heavy atom. The molecule has 0 fully saturated rings. The summed E-state index contributed by atoms with van der Waals surface area (Å²) in [4.78, 5) is 8.53. The highest BCUT2D eigenvalue weighted by molar-refractivity contribution is 5.82. The molecule has 2 rings (SSSR count). The highest BCUT2D eigenvalue weighted by atomic mass is 16.5. The van der Waals surface area contributed by atoms with E-state index in [1.807, 2.05) is 18.2 Å². The van der Waals surface area contributed by atoms with Crippen molar-refractivity contribution in [2.45, 2.75) is 12.8 Å². The molecular formula is C12H15N3O. The van der Waals surface area contributed by atoms with E-state index in [0.717, 1.165) is 35.2 Å². The van der Waals surface area contributed by atoms with Gasteiger partial charge in [-0.15, -0.1) is 0 Å². The van der Waals surface area contributed by atoms with Crippen molar-refractivity contribution in [2.24, 2.45) is 5.73 Å². The zero-order valence-electron chi connectivity index (χ0n) is 9.31. The second-order valence-electron chi connectivity index (χ2n) is 3.60. The van der Waals surface area contributed by atoms with Crippen LogP contribution in [0.25, 0.3) is 10.9 Å². The second kappa shape index (κ2) is 4.90. The van der Waals surface area contributed by atoms with Gasteiger partial charge in [0.25, 0.3) is 0 Å². The van der Waals surface area contributed by atoms with Crippen molar-refractivity contribution >= 4 is 10.9 Å². The first kappa shape index (κ1) is 10.8. The van der Waals surface area contributed by atoms with Gasteiger partial charge in [-0.1, -0.05) is 0 Å². The molecule has 0 atom stereocenters. The fourth-order valence-electron chi connectivity index (χ4n) is 1.68.